The fourth-order valence-corrected chi connectivity index (χ4v) is 2.01. The van der Waals surface area contributed by atoms with Gasteiger partial charge in [0.1, 0.15) is 29.3 Å². The SMILES string of the molecule is N=C(N)c1cc(-c2ccon2)n(Cc2ccccc2F)n1. The lowest BCUT2D eigenvalue weighted by atomic mass is 10.2. The molecule has 7 heteroatoms. The van der Waals surface area contributed by atoms with Gasteiger partial charge >= 0.3 is 0 Å². The van der Waals surface area contributed by atoms with E-state index in [0.717, 1.165) is 0 Å². The number of amidine groups is 1. The zero-order chi connectivity index (χ0) is 14.8. The van der Waals surface area contributed by atoms with Gasteiger partial charge in [-0.15, -0.1) is 0 Å². The first-order valence-electron chi connectivity index (χ1n) is 6.21. The van der Waals surface area contributed by atoms with Gasteiger partial charge in [0, 0.05) is 11.6 Å². The molecular weight excluding hydrogens is 273 g/mol. The number of hydrogen-bond acceptors (Lipinski definition) is 4. The fraction of sp³-hybridized carbons (Fsp3) is 0.0714. The van der Waals surface area contributed by atoms with Crippen LogP contribution in [0.1, 0.15) is 11.3 Å². The number of nitrogens with zero attached hydrogens (tertiary/aromatic N) is 3. The van der Waals surface area contributed by atoms with Crippen LogP contribution in [0, 0.1) is 11.2 Å². The molecule has 0 unspecified atom stereocenters. The second kappa shape index (κ2) is 5.20. The van der Waals surface area contributed by atoms with Gasteiger partial charge in [-0.05, 0) is 12.1 Å². The lowest BCUT2D eigenvalue weighted by molar-refractivity contribution is 0.421. The van der Waals surface area contributed by atoms with Crippen molar-refractivity contribution in [3.8, 4) is 11.4 Å². The van der Waals surface area contributed by atoms with E-state index in [0.29, 0.717) is 22.6 Å². The average Bonchev–Trinajstić information content (AvgIpc) is 3.10. The molecule has 2 aromatic heterocycles. The van der Waals surface area contributed by atoms with Crippen LogP contribution in [0.25, 0.3) is 11.4 Å². The van der Waals surface area contributed by atoms with E-state index in [9.17, 15) is 4.39 Å². The van der Waals surface area contributed by atoms with Crippen LogP contribution in [0.5, 0.6) is 0 Å². The molecule has 0 saturated heterocycles. The van der Waals surface area contributed by atoms with Crippen LogP contribution >= 0.6 is 0 Å². The summed E-state index contributed by atoms with van der Waals surface area (Å²) >= 11 is 0. The minimum atomic E-state index is -0.316. The molecule has 0 spiro atoms. The number of benzene rings is 1. The van der Waals surface area contributed by atoms with Crippen molar-refractivity contribution >= 4 is 5.84 Å². The Bertz CT molecular complexity index is 779. The summed E-state index contributed by atoms with van der Waals surface area (Å²) in [5.74, 6) is -0.476. The number of halogens is 1. The Labute approximate surface area is 119 Å². The number of aromatic nitrogens is 3. The maximum atomic E-state index is 13.8. The highest BCUT2D eigenvalue weighted by atomic mass is 19.1. The van der Waals surface area contributed by atoms with Crippen molar-refractivity contribution in [1.29, 1.82) is 5.41 Å². The summed E-state index contributed by atoms with van der Waals surface area (Å²) < 4.78 is 20.1. The normalized spacial score (nSPS) is 10.7. The second-order valence-electron chi connectivity index (χ2n) is 4.46. The molecule has 0 aliphatic rings. The molecular formula is C14H12FN5O. The van der Waals surface area contributed by atoms with Crippen molar-refractivity contribution in [2.45, 2.75) is 6.54 Å². The van der Waals surface area contributed by atoms with Gasteiger partial charge in [-0.3, -0.25) is 10.1 Å². The lowest BCUT2D eigenvalue weighted by Crippen LogP contribution is -2.13. The third-order valence-electron chi connectivity index (χ3n) is 3.03. The number of nitrogens with two attached hydrogens (primary N) is 1. The van der Waals surface area contributed by atoms with Crippen LogP contribution in [-0.2, 0) is 6.54 Å². The number of hydrogen-bond donors (Lipinski definition) is 2. The Morgan fingerprint density at radius 3 is 2.81 bits per heavy atom. The minimum absolute atomic E-state index is 0.160. The highest BCUT2D eigenvalue weighted by molar-refractivity contribution is 5.94. The standard InChI is InChI=1S/C14H12FN5O/c15-10-4-2-1-3-9(10)8-20-13(11-5-6-21-19-11)7-12(18-20)14(16)17/h1-7H,8H2,(H3,16,17). The van der Waals surface area contributed by atoms with Crippen LogP contribution in [0.3, 0.4) is 0 Å². The smallest absolute Gasteiger partial charge is 0.143 e. The van der Waals surface area contributed by atoms with Gasteiger partial charge < -0.3 is 10.3 Å². The maximum Gasteiger partial charge on any atom is 0.143 e. The van der Waals surface area contributed by atoms with Gasteiger partial charge in [0.05, 0.1) is 12.2 Å². The molecule has 0 atom stereocenters. The van der Waals surface area contributed by atoms with Crippen LogP contribution in [0.15, 0.2) is 47.2 Å². The van der Waals surface area contributed by atoms with Crippen LogP contribution in [0.4, 0.5) is 4.39 Å². The Hall–Kier alpha value is -2.96. The molecule has 21 heavy (non-hydrogen) atoms. The summed E-state index contributed by atoms with van der Waals surface area (Å²) in [6.45, 7) is 0.210. The molecule has 106 valence electrons. The third-order valence-corrected chi connectivity index (χ3v) is 3.03. The van der Waals surface area contributed by atoms with Crippen molar-refractivity contribution < 1.29 is 8.91 Å². The largest absolute Gasteiger partial charge is 0.382 e. The van der Waals surface area contributed by atoms with Gasteiger partial charge in [-0.25, -0.2) is 4.39 Å². The molecule has 0 aliphatic carbocycles. The van der Waals surface area contributed by atoms with Crippen LogP contribution in [-0.4, -0.2) is 20.8 Å². The van der Waals surface area contributed by atoms with E-state index in [1.54, 1.807) is 35.0 Å². The molecule has 1 aromatic carbocycles. The van der Waals surface area contributed by atoms with E-state index in [4.69, 9.17) is 15.7 Å². The molecule has 0 radical (unpaired) electrons. The average molecular weight is 285 g/mol. The molecule has 3 rings (SSSR count). The molecule has 0 bridgehead atoms. The van der Waals surface area contributed by atoms with E-state index in [2.05, 4.69) is 10.3 Å². The van der Waals surface area contributed by atoms with Crippen molar-refractivity contribution in [1.82, 2.24) is 14.9 Å². The van der Waals surface area contributed by atoms with E-state index in [1.807, 2.05) is 0 Å². The summed E-state index contributed by atoms with van der Waals surface area (Å²) in [7, 11) is 0. The second-order valence-corrected chi connectivity index (χ2v) is 4.46. The van der Waals surface area contributed by atoms with E-state index >= 15 is 0 Å². The summed E-state index contributed by atoms with van der Waals surface area (Å²) in [4.78, 5) is 0. The third kappa shape index (κ3) is 2.53. The summed E-state index contributed by atoms with van der Waals surface area (Å²) in [6, 6.07) is 9.74. The monoisotopic (exact) mass is 285 g/mol. The highest BCUT2D eigenvalue weighted by Gasteiger charge is 2.15. The lowest BCUT2D eigenvalue weighted by Gasteiger charge is -2.06. The van der Waals surface area contributed by atoms with Gasteiger partial charge in [0.15, 0.2) is 0 Å². The van der Waals surface area contributed by atoms with Crippen molar-refractivity contribution in [3.05, 3.63) is 59.7 Å². The minimum Gasteiger partial charge on any atom is -0.382 e. The number of rotatable bonds is 4. The first-order chi connectivity index (χ1) is 10.1. The predicted molar refractivity (Wildman–Crippen MR) is 74.2 cm³/mol. The van der Waals surface area contributed by atoms with Crippen molar-refractivity contribution in [2.24, 2.45) is 5.73 Å². The zero-order valence-corrected chi connectivity index (χ0v) is 11.0. The number of nitrogens with one attached hydrogen (secondary N) is 1. The highest BCUT2D eigenvalue weighted by Crippen LogP contribution is 2.20. The van der Waals surface area contributed by atoms with Gasteiger partial charge in [-0.1, -0.05) is 23.4 Å². The molecule has 2 heterocycles. The Balaban J connectivity index is 2.05. The van der Waals surface area contributed by atoms with E-state index < -0.39 is 0 Å². The molecule has 3 N–H and O–H groups in total. The Morgan fingerprint density at radius 2 is 2.14 bits per heavy atom. The summed E-state index contributed by atoms with van der Waals surface area (Å²) in [5, 5.41) is 15.5. The van der Waals surface area contributed by atoms with Crippen LogP contribution < -0.4 is 5.73 Å². The summed E-state index contributed by atoms with van der Waals surface area (Å²) in [6.07, 6.45) is 1.43. The van der Waals surface area contributed by atoms with E-state index in [-0.39, 0.29) is 18.2 Å². The fourth-order valence-electron chi connectivity index (χ4n) is 2.01. The molecule has 0 saturated carbocycles. The molecule has 0 aliphatic heterocycles. The topological polar surface area (TPSA) is 93.7 Å². The Morgan fingerprint density at radius 1 is 1.33 bits per heavy atom. The van der Waals surface area contributed by atoms with Crippen LogP contribution in [0.2, 0.25) is 0 Å². The molecule has 3 aromatic rings. The summed E-state index contributed by atoms with van der Waals surface area (Å²) in [5.41, 5.74) is 7.41. The molecule has 0 amide bonds. The first-order valence-corrected chi connectivity index (χ1v) is 6.21. The number of nitrogen functional groups attached to an aromatic ring is 1. The van der Waals surface area contributed by atoms with Gasteiger partial charge in [0.2, 0.25) is 0 Å². The van der Waals surface area contributed by atoms with Gasteiger partial charge in [0.25, 0.3) is 0 Å². The zero-order valence-electron chi connectivity index (χ0n) is 11.0. The van der Waals surface area contributed by atoms with Gasteiger partial charge in [-0.2, -0.15) is 5.10 Å². The first kappa shape index (κ1) is 13.0. The quantitative estimate of drug-likeness (QED) is 0.566. The van der Waals surface area contributed by atoms with Crippen molar-refractivity contribution in [3.63, 3.8) is 0 Å². The predicted octanol–water partition coefficient (Wildman–Crippen LogP) is 2.01. The van der Waals surface area contributed by atoms with Crippen molar-refractivity contribution in [2.75, 3.05) is 0 Å². The van der Waals surface area contributed by atoms with E-state index in [1.165, 1.54) is 12.3 Å². The molecule has 0 fully saturated rings. The Kier molecular flexibility index (Phi) is 3.23. The molecule has 6 nitrogen and oxygen atoms in total. The maximum absolute atomic E-state index is 13.8.